The summed E-state index contributed by atoms with van der Waals surface area (Å²) in [5, 5.41) is 4.72. The van der Waals surface area contributed by atoms with E-state index >= 15 is 0 Å². The van der Waals surface area contributed by atoms with Crippen LogP contribution in [-0.2, 0) is 25.3 Å². The Kier molecular flexibility index (Phi) is 10.0. The third-order valence-electron chi connectivity index (χ3n) is 5.73. The number of alkyl carbamates (subject to hydrolysis) is 1. The van der Waals surface area contributed by atoms with Crippen LogP contribution in [0.4, 0.5) is 4.79 Å². The van der Waals surface area contributed by atoms with Crippen molar-refractivity contribution in [2.45, 2.75) is 32.6 Å². The monoisotopic (exact) mass is 503 g/mol. The molecule has 3 aromatic carbocycles. The van der Waals surface area contributed by atoms with Crippen molar-refractivity contribution >= 4 is 30.8 Å². The van der Waals surface area contributed by atoms with E-state index in [-0.39, 0.29) is 13.2 Å². The highest BCUT2D eigenvalue weighted by molar-refractivity contribution is 6.97. The first kappa shape index (κ1) is 26.9. The number of amides is 1. The molecule has 1 amide bonds. The van der Waals surface area contributed by atoms with Gasteiger partial charge in [-0.15, -0.1) is 0 Å². The Hall–Kier alpha value is -3.68. The van der Waals surface area contributed by atoms with Gasteiger partial charge in [-0.05, 0) is 35.8 Å². The van der Waals surface area contributed by atoms with Crippen LogP contribution in [0.15, 0.2) is 103 Å². The van der Waals surface area contributed by atoms with Gasteiger partial charge in [0.15, 0.2) is 6.10 Å². The molecule has 0 bridgehead atoms. The molecule has 3 aromatic rings. The van der Waals surface area contributed by atoms with Crippen LogP contribution in [-0.4, -0.2) is 40.1 Å². The van der Waals surface area contributed by atoms with E-state index in [1.165, 1.54) is 7.11 Å². The zero-order valence-electron chi connectivity index (χ0n) is 21.0. The first-order valence-corrected chi connectivity index (χ1v) is 14.0. The molecule has 0 saturated carbocycles. The lowest BCUT2D eigenvalue weighted by Crippen LogP contribution is -2.63. The molecule has 0 heterocycles. The summed E-state index contributed by atoms with van der Waals surface area (Å²) in [5.41, 5.74) is 2.02. The quantitative estimate of drug-likeness (QED) is 0.241. The van der Waals surface area contributed by atoms with Gasteiger partial charge in [-0.25, -0.2) is 9.59 Å². The lowest BCUT2D eigenvalue weighted by atomic mass is 10.2. The Balaban J connectivity index is 1.88. The molecule has 6 nitrogen and oxygen atoms in total. The number of hydrogen-bond acceptors (Lipinski definition) is 5. The van der Waals surface area contributed by atoms with Gasteiger partial charge < -0.3 is 19.2 Å². The van der Waals surface area contributed by atoms with Crippen LogP contribution in [0.1, 0.15) is 19.4 Å². The van der Waals surface area contributed by atoms with Crippen molar-refractivity contribution in [3.8, 4) is 0 Å². The number of carbonyl (C=O) groups is 2. The van der Waals surface area contributed by atoms with Gasteiger partial charge in [-0.2, -0.15) is 0 Å². The standard InChI is InChI=1S/C29H33NO5Si/c1-23(2)19-20-36(25-15-9-5-10-16-25,26-17-11-6-12-18-26)35-27(28(31)33-3)21-30-29(32)34-22-24-13-7-4-8-14-24/h4-19,27H,20-22H2,1-3H3,(H,30,32). The molecular weight excluding hydrogens is 470 g/mol. The number of carbonyl (C=O) groups excluding carboxylic acids is 2. The average molecular weight is 504 g/mol. The van der Waals surface area contributed by atoms with Crippen molar-refractivity contribution in [1.29, 1.82) is 0 Å². The minimum atomic E-state index is -2.97. The molecule has 188 valence electrons. The second kappa shape index (κ2) is 13.4. The number of esters is 1. The van der Waals surface area contributed by atoms with Gasteiger partial charge in [0.25, 0.3) is 8.32 Å². The SMILES string of the molecule is COC(=O)C(CNC(=O)OCc1ccccc1)O[Si](CC=C(C)C)(c1ccccc1)c1ccccc1. The Morgan fingerprint density at radius 2 is 1.39 bits per heavy atom. The molecule has 0 radical (unpaired) electrons. The van der Waals surface area contributed by atoms with E-state index in [1.54, 1.807) is 0 Å². The minimum Gasteiger partial charge on any atom is -0.467 e. The van der Waals surface area contributed by atoms with Gasteiger partial charge in [0.2, 0.25) is 0 Å². The highest BCUT2D eigenvalue weighted by Gasteiger charge is 2.43. The highest BCUT2D eigenvalue weighted by Crippen LogP contribution is 2.19. The van der Waals surface area contributed by atoms with Crippen LogP contribution in [0.3, 0.4) is 0 Å². The van der Waals surface area contributed by atoms with Crippen LogP contribution >= 0.6 is 0 Å². The Morgan fingerprint density at radius 1 is 0.861 bits per heavy atom. The lowest BCUT2D eigenvalue weighted by Gasteiger charge is -2.35. The maximum absolute atomic E-state index is 12.8. The summed E-state index contributed by atoms with van der Waals surface area (Å²) in [6.45, 7) is 4.13. The fourth-order valence-electron chi connectivity index (χ4n) is 3.85. The average Bonchev–Trinajstić information content (AvgIpc) is 2.92. The number of benzene rings is 3. The molecule has 0 aromatic heterocycles. The van der Waals surface area contributed by atoms with E-state index in [9.17, 15) is 9.59 Å². The number of nitrogens with one attached hydrogen (secondary N) is 1. The maximum Gasteiger partial charge on any atom is 0.407 e. The summed E-state index contributed by atoms with van der Waals surface area (Å²) in [6, 6.07) is 29.9. The molecule has 0 spiro atoms. The Labute approximate surface area is 214 Å². The molecule has 3 rings (SSSR count). The van der Waals surface area contributed by atoms with Gasteiger partial charge in [-0.3, -0.25) is 0 Å². The van der Waals surface area contributed by atoms with E-state index < -0.39 is 26.5 Å². The van der Waals surface area contributed by atoms with Crippen molar-refractivity contribution in [3.05, 3.63) is 108 Å². The molecule has 0 saturated heterocycles. The van der Waals surface area contributed by atoms with E-state index in [2.05, 4.69) is 11.4 Å². The molecule has 0 aliphatic heterocycles. The number of hydrogen-bond donors (Lipinski definition) is 1. The predicted octanol–water partition coefficient (Wildman–Crippen LogP) is 4.20. The summed E-state index contributed by atoms with van der Waals surface area (Å²) in [4.78, 5) is 25.3. The lowest BCUT2D eigenvalue weighted by molar-refractivity contribution is -0.148. The molecule has 1 N–H and O–H groups in total. The topological polar surface area (TPSA) is 73.9 Å². The van der Waals surface area contributed by atoms with Gasteiger partial charge in [0.05, 0.1) is 13.7 Å². The largest absolute Gasteiger partial charge is 0.467 e. The molecule has 36 heavy (non-hydrogen) atoms. The molecule has 0 aliphatic carbocycles. The first-order chi connectivity index (χ1) is 17.4. The third-order valence-corrected chi connectivity index (χ3v) is 9.73. The van der Waals surface area contributed by atoms with Crippen molar-refractivity contribution in [2.24, 2.45) is 0 Å². The number of ether oxygens (including phenoxy) is 2. The summed E-state index contributed by atoms with van der Waals surface area (Å²) >= 11 is 0. The number of rotatable bonds is 11. The second-order valence-corrected chi connectivity index (χ2v) is 12.1. The Bertz CT molecular complexity index is 1090. The van der Waals surface area contributed by atoms with Crippen LogP contribution < -0.4 is 15.7 Å². The van der Waals surface area contributed by atoms with Crippen molar-refractivity contribution < 1.29 is 23.5 Å². The summed E-state index contributed by atoms with van der Waals surface area (Å²) in [7, 11) is -1.65. The predicted molar refractivity (Wildman–Crippen MR) is 144 cm³/mol. The van der Waals surface area contributed by atoms with Crippen LogP contribution in [0.25, 0.3) is 0 Å². The first-order valence-electron chi connectivity index (χ1n) is 11.9. The molecular formula is C29H33NO5Si. The van der Waals surface area contributed by atoms with Crippen LogP contribution in [0, 0.1) is 0 Å². The molecule has 1 unspecified atom stereocenters. The van der Waals surface area contributed by atoms with E-state index in [0.717, 1.165) is 21.5 Å². The summed E-state index contributed by atoms with van der Waals surface area (Å²) in [6.07, 6.45) is 0.492. The second-order valence-electron chi connectivity index (χ2n) is 8.62. The minimum absolute atomic E-state index is 0.0798. The van der Waals surface area contributed by atoms with Gasteiger partial charge in [0, 0.05) is 0 Å². The zero-order valence-corrected chi connectivity index (χ0v) is 22.0. The fourth-order valence-corrected chi connectivity index (χ4v) is 7.84. The van der Waals surface area contributed by atoms with Crippen LogP contribution in [0.2, 0.25) is 6.04 Å². The van der Waals surface area contributed by atoms with E-state index in [1.807, 2.05) is 105 Å². The highest BCUT2D eigenvalue weighted by atomic mass is 28.4. The molecule has 0 aliphatic rings. The Morgan fingerprint density at radius 3 is 1.89 bits per heavy atom. The van der Waals surface area contributed by atoms with Gasteiger partial charge >= 0.3 is 12.1 Å². The van der Waals surface area contributed by atoms with Crippen molar-refractivity contribution in [2.75, 3.05) is 13.7 Å². The summed E-state index contributed by atoms with van der Waals surface area (Å²) in [5.74, 6) is -0.556. The van der Waals surface area contributed by atoms with E-state index in [0.29, 0.717) is 6.04 Å². The van der Waals surface area contributed by atoms with Gasteiger partial charge in [0.1, 0.15) is 6.61 Å². The third kappa shape index (κ3) is 7.41. The summed E-state index contributed by atoms with van der Waals surface area (Å²) < 4.78 is 17.2. The number of methoxy groups -OCH3 is 1. The smallest absolute Gasteiger partial charge is 0.407 e. The maximum atomic E-state index is 12.8. The van der Waals surface area contributed by atoms with Crippen LogP contribution in [0.5, 0.6) is 0 Å². The van der Waals surface area contributed by atoms with Crippen molar-refractivity contribution in [3.63, 3.8) is 0 Å². The molecule has 7 heteroatoms. The van der Waals surface area contributed by atoms with E-state index in [4.69, 9.17) is 13.9 Å². The normalized spacial score (nSPS) is 11.8. The van der Waals surface area contributed by atoms with Crippen molar-refractivity contribution in [1.82, 2.24) is 5.32 Å². The zero-order chi connectivity index (χ0) is 25.8. The molecule has 1 atom stereocenters. The fraction of sp³-hybridized carbons (Fsp3) is 0.241. The number of allylic oxidation sites excluding steroid dienone is 2. The molecule has 0 fully saturated rings. The van der Waals surface area contributed by atoms with Gasteiger partial charge in [-0.1, -0.05) is 103 Å².